The summed E-state index contributed by atoms with van der Waals surface area (Å²) in [5.74, 6) is 2.20. The van der Waals surface area contributed by atoms with Crippen molar-refractivity contribution in [3.8, 4) is 5.88 Å². The van der Waals surface area contributed by atoms with E-state index < -0.39 is 0 Å². The molecule has 2 atom stereocenters. The Bertz CT molecular complexity index is 627. The third kappa shape index (κ3) is 5.58. The van der Waals surface area contributed by atoms with E-state index in [1.54, 1.807) is 0 Å². The number of hydrogen-bond acceptors (Lipinski definition) is 4. The number of hydrogen-bond donors (Lipinski definition) is 2. The van der Waals surface area contributed by atoms with Crippen LogP contribution >= 0.6 is 0 Å². The standard InChI is InChI=1S/C21H35N5O/c1-15(2)26-13-16(3)19(14-26)25-21(22-4)24-12-17-9-10-23-20(11-17)27-18-7-5-6-8-18/h9-11,15-16,18-19H,5-8,12-14H2,1-4H3,(H2,22,24,25). The Morgan fingerprint density at radius 1 is 1.33 bits per heavy atom. The Hall–Kier alpha value is -1.82. The van der Waals surface area contributed by atoms with Crippen molar-refractivity contribution in [1.29, 1.82) is 0 Å². The highest BCUT2D eigenvalue weighted by molar-refractivity contribution is 5.80. The molecule has 2 fully saturated rings. The highest BCUT2D eigenvalue weighted by Gasteiger charge is 2.31. The number of aliphatic imine (C=N–C) groups is 1. The molecule has 3 rings (SSSR count). The van der Waals surface area contributed by atoms with Gasteiger partial charge in [-0.2, -0.15) is 0 Å². The van der Waals surface area contributed by atoms with Gasteiger partial charge in [0.05, 0.1) is 0 Å². The second-order valence-corrected chi connectivity index (χ2v) is 8.23. The third-order valence-corrected chi connectivity index (χ3v) is 5.77. The van der Waals surface area contributed by atoms with Gasteiger partial charge in [0, 0.05) is 51.0 Å². The van der Waals surface area contributed by atoms with Crippen molar-refractivity contribution >= 4 is 5.96 Å². The van der Waals surface area contributed by atoms with E-state index in [2.05, 4.69) is 46.3 Å². The first-order chi connectivity index (χ1) is 13.0. The summed E-state index contributed by atoms with van der Waals surface area (Å²) < 4.78 is 6.01. The van der Waals surface area contributed by atoms with Gasteiger partial charge in [0.25, 0.3) is 0 Å². The lowest BCUT2D eigenvalue weighted by molar-refractivity contribution is 0.201. The van der Waals surface area contributed by atoms with E-state index >= 15 is 0 Å². The van der Waals surface area contributed by atoms with Gasteiger partial charge in [0.15, 0.2) is 5.96 Å². The molecule has 2 aliphatic rings. The van der Waals surface area contributed by atoms with Gasteiger partial charge in [-0.25, -0.2) is 4.98 Å². The van der Waals surface area contributed by atoms with Crippen LogP contribution in [-0.2, 0) is 6.54 Å². The fourth-order valence-corrected chi connectivity index (χ4v) is 3.97. The van der Waals surface area contributed by atoms with Crippen LogP contribution < -0.4 is 15.4 Å². The zero-order valence-electron chi connectivity index (χ0n) is 17.2. The predicted molar refractivity (Wildman–Crippen MR) is 110 cm³/mol. The molecule has 1 aliphatic carbocycles. The summed E-state index contributed by atoms with van der Waals surface area (Å²) >= 11 is 0. The van der Waals surface area contributed by atoms with Crippen molar-refractivity contribution in [1.82, 2.24) is 20.5 Å². The molecule has 0 spiro atoms. The molecule has 2 unspecified atom stereocenters. The highest BCUT2D eigenvalue weighted by atomic mass is 16.5. The maximum Gasteiger partial charge on any atom is 0.213 e. The van der Waals surface area contributed by atoms with Crippen LogP contribution in [0.1, 0.15) is 52.0 Å². The van der Waals surface area contributed by atoms with Crippen LogP contribution in [0.25, 0.3) is 0 Å². The molecule has 6 nitrogen and oxygen atoms in total. The summed E-state index contributed by atoms with van der Waals surface area (Å²) in [5, 5.41) is 7.03. The Morgan fingerprint density at radius 3 is 2.78 bits per heavy atom. The van der Waals surface area contributed by atoms with Crippen molar-refractivity contribution in [2.24, 2.45) is 10.9 Å². The number of likely N-dealkylation sites (tertiary alicyclic amines) is 1. The van der Waals surface area contributed by atoms with E-state index in [0.717, 1.165) is 43.3 Å². The van der Waals surface area contributed by atoms with E-state index in [9.17, 15) is 0 Å². The zero-order valence-corrected chi connectivity index (χ0v) is 17.2. The number of nitrogens with one attached hydrogen (secondary N) is 2. The van der Waals surface area contributed by atoms with Gasteiger partial charge >= 0.3 is 0 Å². The molecule has 2 heterocycles. The Labute approximate surface area is 163 Å². The first kappa shape index (κ1) is 19.9. The van der Waals surface area contributed by atoms with Crippen molar-refractivity contribution in [3.63, 3.8) is 0 Å². The van der Waals surface area contributed by atoms with Gasteiger partial charge in [-0.3, -0.25) is 9.89 Å². The molecule has 1 aliphatic heterocycles. The molecule has 0 aromatic carbocycles. The minimum Gasteiger partial charge on any atom is -0.474 e. The SMILES string of the molecule is CN=C(NCc1ccnc(OC2CCCC2)c1)NC1CN(C(C)C)CC1C. The number of aromatic nitrogens is 1. The molecular weight excluding hydrogens is 338 g/mol. The maximum atomic E-state index is 6.01. The average molecular weight is 374 g/mol. The molecule has 1 aromatic heterocycles. The van der Waals surface area contributed by atoms with Gasteiger partial charge in [-0.05, 0) is 57.1 Å². The topological polar surface area (TPSA) is 61.8 Å². The summed E-state index contributed by atoms with van der Waals surface area (Å²) in [5.41, 5.74) is 1.16. The van der Waals surface area contributed by atoms with Crippen LogP contribution in [0.2, 0.25) is 0 Å². The number of nitrogens with zero attached hydrogens (tertiary/aromatic N) is 3. The van der Waals surface area contributed by atoms with Gasteiger partial charge in [0.2, 0.25) is 5.88 Å². The molecule has 150 valence electrons. The van der Waals surface area contributed by atoms with Gasteiger partial charge in [-0.1, -0.05) is 6.92 Å². The Morgan fingerprint density at radius 2 is 2.11 bits per heavy atom. The van der Waals surface area contributed by atoms with E-state index in [0.29, 0.717) is 30.7 Å². The number of rotatable bonds is 6. The fourth-order valence-electron chi connectivity index (χ4n) is 3.97. The summed E-state index contributed by atoms with van der Waals surface area (Å²) in [6.45, 7) is 9.74. The summed E-state index contributed by atoms with van der Waals surface area (Å²) in [7, 11) is 1.83. The largest absolute Gasteiger partial charge is 0.474 e. The lowest BCUT2D eigenvalue weighted by atomic mass is 10.1. The first-order valence-electron chi connectivity index (χ1n) is 10.4. The molecule has 2 N–H and O–H groups in total. The van der Waals surface area contributed by atoms with Gasteiger partial charge in [0.1, 0.15) is 6.10 Å². The average Bonchev–Trinajstić information content (AvgIpc) is 3.29. The van der Waals surface area contributed by atoms with E-state index in [1.165, 1.54) is 12.8 Å². The normalized spacial score (nSPS) is 24.6. The molecular formula is C21H35N5O. The quantitative estimate of drug-likeness (QED) is 0.593. The summed E-state index contributed by atoms with van der Waals surface area (Å²) in [6, 6.07) is 5.08. The van der Waals surface area contributed by atoms with E-state index in [1.807, 2.05) is 25.4 Å². The van der Waals surface area contributed by atoms with Crippen molar-refractivity contribution < 1.29 is 4.74 Å². The molecule has 27 heavy (non-hydrogen) atoms. The summed E-state index contributed by atoms with van der Waals surface area (Å²) in [4.78, 5) is 11.3. The number of ether oxygens (including phenoxy) is 1. The zero-order chi connectivity index (χ0) is 19.2. The Kier molecular flexibility index (Phi) is 6.94. The molecule has 6 heteroatoms. The molecule has 1 saturated heterocycles. The fraction of sp³-hybridized carbons (Fsp3) is 0.714. The van der Waals surface area contributed by atoms with Crippen LogP contribution in [-0.4, -0.2) is 54.2 Å². The van der Waals surface area contributed by atoms with Crippen molar-refractivity contribution in [3.05, 3.63) is 23.9 Å². The molecule has 1 saturated carbocycles. The van der Waals surface area contributed by atoms with Gasteiger partial charge < -0.3 is 15.4 Å². The molecule has 0 bridgehead atoms. The van der Waals surface area contributed by atoms with Crippen molar-refractivity contribution in [2.75, 3.05) is 20.1 Å². The second-order valence-electron chi connectivity index (χ2n) is 8.23. The molecule has 0 radical (unpaired) electrons. The monoisotopic (exact) mass is 373 g/mol. The molecule has 0 amide bonds. The minimum absolute atomic E-state index is 0.336. The lowest BCUT2D eigenvalue weighted by Crippen LogP contribution is -2.46. The van der Waals surface area contributed by atoms with E-state index in [-0.39, 0.29) is 0 Å². The van der Waals surface area contributed by atoms with Crippen LogP contribution in [0.5, 0.6) is 5.88 Å². The smallest absolute Gasteiger partial charge is 0.213 e. The first-order valence-corrected chi connectivity index (χ1v) is 10.4. The number of pyridine rings is 1. The van der Waals surface area contributed by atoms with Crippen LogP contribution in [0.3, 0.4) is 0 Å². The summed E-state index contributed by atoms with van der Waals surface area (Å²) in [6.07, 6.45) is 6.99. The Balaban J connectivity index is 1.50. The van der Waals surface area contributed by atoms with Gasteiger partial charge in [-0.15, -0.1) is 0 Å². The predicted octanol–water partition coefficient (Wildman–Crippen LogP) is 2.80. The maximum absolute atomic E-state index is 6.01. The number of guanidine groups is 1. The van der Waals surface area contributed by atoms with E-state index in [4.69, 9.17) is 4.74 Å². The lowest BCUT2D eigenvalue weighted by Gasteiger charge is -2.22. The minimum atomic E-state index is 0.336. The van der Waals surface area contributed by atoms with Crippen LogP contribution in [0.4, 0.5) is 0 Å². The van der Waals surface area contributed by atoms with Crippen LogP contribution in [0, 0.1) is 5.92 Å². The second kappa shape index (κ2) is 9.40. The molecule has 1 aromatic rings. The third-order valence-electron chi connectivity index (χ3n) is 5.77. The van der Waals surface area contributed by atoms with Crippen molar-refractivity contribution in [2.45, 2.75) is 71.2 Å². The highest BCUT2D eigenvalue weighted by Crippen LogP contribution is 2.23. The van der Waals surface area contributed by atoms with Crippen LogP contribution in [0.15, 0.2) is 23.3 Å².